The number of ether oxygens (including phenoxy) is 1. The normalized spacial score (nSPS) is 17.6. The summed E-state index contributed by atoms with van der Waals surface area (Å²) in [6.07, 6.45) is 0. The van der Waals surface area contributed by atoms with E-state index in [-0.39, 0.29) is 5.91 Å². The third kappa shape index (κ3) is 4.19. The topological polar surface area (TPSA) is 61.8 Å². The number of carbonyl (C=O) groups is 1. The van der Waals surface area contributed by atoms with E-state index in [0.717, 1.165) is 32.0 Å². The molecular formula is C22H29N5O2. The van der Waals surface area contributed by atoms with Gasteiger partial charge in [-0.3, -0.25) is 4.79 Å². The van der Waals surface area contributed by atoms with Gasteiger partial charge in [0.1, 0.15) is 17.3 Å². The molecule has 4 rings (SSSR count). The summed E-state index contributed by atoms with van der Waals surface area (Å²) in [5.41, 5.74) is 4.37. The molecule has 2 aliphatic rings. The van der Waals surface area contributed by atoms with Crippen molar-refractivity contribution < 1.29 is 9.53 Å². The molecule has 3 heterocycles. The first-order valence-corrected chi connectivity index (χ1v) is 10.3. The van der Waals surface area contributed by atoms with Crippen LogP contribution in [0.5, 0.6) is 0 Å². The van der Waals surface area contributed by atoms with Gasteiger partial charge in [0.15, 0.2) is 0 Å². The van der Waals surface area contributed by atoms with Gasteiger partial charge in [-0.15, -0.1) is 0 Å². The van der Waals surface area contributed by atoms with Gasteiger partial charge in [-0.25, -0.2) is 9.97 Å². The Morgan fingerprint density at radius 1 is 0.931 bits per heavy atom. The molecule has 1 aromatic heterocycles. The van der Waals surface area contributed by atoms with Crippen molar-refractivity contribution in [2.45, 2.75) is 20.8 Å². The number of hydrogen-bond acceptors (Lipinski definition) is 6. The van der Waals surface area contributed by atoms with Crippen LogP contribution in [-0.2, 0) is 4.74 Å². The lowest BCUT2D eigenvalue weighted by atomic mass is 10.1. The van der Waals surface area contributed by atoms with Gasteiger partial charge in [0.2, 0.25) is 0 Å². The lowest BCUT2D eigenvalue weighted by Crippen LogP contribution is -2.49. The van der Waals surface area contributed by atoms with Crippen LogP contribution < -0.4 is 9.80 Å². The molecule has 2 fully saturated rings. The van der Waals surface area contributed by atoms with Gasteiger partial charge < -0.3 is 19.4 Å². The molecule has 154 valence electrons. The summed E-state index contributed by atoms with van der Waals surface area (Å²) in [6, 6.07) is 8.24. The molecule has 7 heteroatoms. The molecule has 0 spiro atoms. The molecule has 1 amide bonds. The number of morpholine rings is 1. The van der Waals surface area contributed by atoms with E-state index < -0.39 is 0 Å². The lowest BCUT2D eigenvalue weighted by Gasteiger charge is -2.37. The maximum Gasteiger partial charge on any atom is 0.272 e. The van der Waals surface area contributed by atoms with Crippen LogP contribution in [0, 0.1) is 20.8 Å². The Kier molecular flexibility index (Phi) is 5.67. The first-order valence-electron chi connectivity index (χ1n) is 10.3. The van der Waals surface area contributed by atoms with Crippen molar-refractivity contribution >= 4 is 17.4 Å². The minimum atomic E-state index is -0.00868. The van der Waals surface area contributed by atoms with Crippen molar-refractivity contribution in [1.82, 2.24) is 14.9 Å². The van der Waals surface area contributed by atoms with Crippen LogP contribution in [0.4, 0.5) is 11.5 Å². The molecule has 7 nitrogen and oxygen atoms in total. The Bertz CT molecular complexity index is 887. The summed E-state index contributed by atoms with van der Waals surface area (Å²) in [5, 5.41) is 0. The predicted octanol–water partition coefficient (Wildman–Crippen LogP) is 2.20. The van der Waals surface area contributed by atoms with Crippen LogP contribution >= 0.6 is 0 Å². The maximum atomic E-state index is 13.1. The summed E-state index contributed by atoms with van der Waals surface area (Å²) < 4.78 is 5.42. The highest BCUT2D eigenvalue weighted by atomic mass is 16.5. The average molecular weight is 396 g/mol. The molecular weight excluding hydrogens is 366 g/mol. The monoisotopic (exact) mass is 395 g/mol. The van der Waals surface area contributed by atoms with E-state index >= 15 is 0 Å². The average Bonchev–Trinajstić information content (AvgIpc) is 2.75. The van der Waals surface area contributed by atoms with Crippen molar-refractivity contribution in [1.29, 1.82) is 0 Å². The maximum absolute atomic E-state index is 13.1. The Balaban J connectivity index is 1.45. The Morgan fingerprint density at radius 2 is 1.66 bits per heavy atom. The molecule has 0 atom stereocenters. The second kappa shape index (κ2) is 8.37. The number of aryl methyl sites for hydroxylation is 2. The van der Waals surface area contributed by atoms with Gasteiger partial charge in [-0.2, -0.15) is 0 Å². The van der Waals surface area contributed by atoms with Gasteiger partial charge in [0.25, 0.3) is 5.91 Å². The minimum absolute atomic E-state index is 0.00868. The number of anilines is 2. The summed E-state index contributed by atoms with van der Waals surface area (Å²) in [7, 11) is 0. The standard InChI is InChI=1S/C22H29N5O2/c1-16-5-4-6-20(17(16)2)25-7-9-27(10-8-25)22(28)19-15-21(24-18(3)23-19)26-11-13-29-14-12-26/h4-6,15H,7-14H2,1-3H3. The lowest BCUT2D eigenvalue weighted by molar-refractivity contribution is 0.0740. The zero-order valence-electron chi connectivity index (χ0n) is 17.5. The van der Waals surface area contributed by atoms with Crippen molar-refractivity contribution in [3.8, 4) is 0 Å². The molecule has 29 heavy (non-hydrogen) atoms. The second-order valence-corrected chi connectivity index (χ2v) is 7.76. The van der Waals surface area contributed by atoms with E-state index in [4.69, 9.17) is 4.74 Å². The molecule has 0 radical (unpaired) electrons. The van der Waals surface area contributed by atoms with Gasteiger partial charge in [0.05, 0.1) is 13.2 Å². The third-order valence-electron chi connectivity index (χ3n) is 5.86. The number of nitrogens with zero attached hydrogens (tertiary/aromatic N) is 5. The van der Waals surface area contributed by atoms with Crippen molar-refractivity contribution in [2.75, 3.05) is 62.3 Å². The first-order chi connectivity index (χ1) is 14.0. The van der Waals surface area contributed by atoms with Crippen molar-refractivity contribution in [3.05, 3.63) is 46.9 Å². The fourth-order valence-corrected chi connectivity index (χ4v) is 4.01. The van der Waals surface area contributed by atoms with E-state index in [1.165, 1.54) is 16.8 Å². The Morgan fingerprint density at radius 3 is 2.38 bits per heavy atom. The van der Waals surface area contributed by atoms with Crippen LogP contribution in [0.3, 0.4) is 0 Å². The first kappa shape index (κ1) is 19.6. The van der Waals surface area contributed by atoms with Gasteiger partial charge in [-0.1, -0.05) is 12.1 Å². The van der Waals surface area contributed by atoms with E-state index in [9.17, 15) is 4.79 Å². The minimum Gasteiger partial charge on any atom is -0.378 e. The number of hydrogen-bond donors (Lipinski definition) is 0. The van der Waals surface area contributed by atoms with Gasteiger partial charge >= 0.3 is 0 Å². The molecule has 0 N–H and O–H groups in total. The molecule has 1 aromatic carbocycles. The van der Waals surface area contributed by atoms with Crippen molar-refractivity contribution in [3.63, 3.8) is 0 Å². The van der Waals surface area contributed by atoms with E-state index in [1.807, 2.05) is 17.9 Å². The van der Waals surface area contributed by atoms with Crippen LogP contribution in [-0.4, -0.2) is 73.3 Å². The summed E-state index contributed by atoms with van der Waals surface area (Å²) in [6.45, 7) is 12.2. The van der Waals surface area contributed by atoms with Crippen molar-refractivity contribution in [2.24, 2.45) is 0 Å². The third-order valence-corrected chi connectivity index (χ3v) is 5.86. The van der Waals surface area contributed by atoms with Crippen LogP contribution in [0.1, 0.15) is 27.4 Å². The quantitative estimate of drug-likeness (QED) is 0.794. The van der Waals surface area contributed by atoms with E-state index in [2.05, 4.69) is 51.8 Å². The fraction of sp³-hybridized carbons (Fsp3) is 0.500. The zero-order valence-corrected chi connectivity index (χ0v) is 17.5. The van der Waals surface area contributed by atoms with Crippen LogP contribution in [0.2, 0.25) is 0 Å². The van der Waals surface area contributed by atoms with Crippen LogP contribution in [0.25, 0.3) is 0 Å². The number of rotatable bonds is 3. The molecule has 0 aliphatic carbocycles. The highest BCUT2D eigenvalue weighted by Crippen LogP contribution is 2.24. The summed E-state index contributed by atoms with van der Waals surface area (Å²) in [5.74, 6) is 1.44. The second-order valence-electron chi connectivity index (χ2n) is 7.76. The van der Waals surface area contributed by atoms with E-state index in [1.54, 1.807) is 0 Å². The number of amides is 1. The number of piperazine rings is 1. The fourth-order valence-electron chi connectivity index (χ4n) is 4.01. The Hall–Kier alpha value is -2.67. The summed E-state index contributed by atoms with van der Waals surface area (Å²) >= 11 is 0. The van der Waals surface area contributed by atoms with Gasteiger partial charge in [0, 0.05) is 51.0 Å². The van der Waals surface area contributed by atoms with E-state index in [0.29, 0.717) is 37.8 Å². The molecule has 2 aliphatic heterocycles. The number of benzene rings is 1. The predicted molar refractivity (Wildman–Crippen MR) is 114 cm³/mol. The number of carbonyl (C=O) groups excluding carboxylic acids is 1. The summed E-state index contributed by atoms with van der Waals surface area (Å²) in [4.78, 5) is 28.5. The SMILES string of the molecule is Cc1nc(C(=O)N2CCN(c3cccc(C)c3C)CC2)cc(N2CCOCC2)n1. The zero-order chi connectivity index (χ0) is 20.4. The highest BCUT2D eigenvalue weighted by molar-refractivity contribution is 5.93. The van der Waals surface area contributed by atoms with Crippen LogP contribution in [0.15, 0.2) is 24.3 Å². The number of aromatic nitrogens is 2. The Labute approximate surface area is 172 Å². The molecule has 0 saturated carbocycles. The molecule has 2 saturated heterocycles. The highest BCUT2D eigenvalue weighted by Gasteiger charge is 2.25. The smallest absolute Gasteiger partial charge is 0.272 e. The molecule has 2 aromatic rings. The molecule has 0 bridgehead atoms. The largest absolute Gasteiger partial charge is 0.378 e. The molecule has 0 unspecified atom stereocenters. The van der Waals surface area contributed by atoms with Gasteiger partial charge in [-0.05, 0) is 38.0 Å².